The van der Waals surface area contributed by atoms with Crippen LogP contribution >= 0.6 is 0 Å². The highest BCUT2D eigenvalue weighted by atomic mass is 16.1. The average molecular weight is 236 g/mol. The number of amides is 1. The minimum absolute atomic E-state index is 0.0915. The summed E-state index contributed by atoms with van der Waals surface area (Å²) in [6, 6.07) is 3.47. The summed E-state index contributed by atoms with van der Waals surface area (Å²) in [7, 11) is 0. The van der Waals surface area contributed by atoms with E-state index >= 15 is 0 Å². The fourth-order valence-electron chi connectivity index (χ4n) is 0.869. The third-order valence-corrected chi connectivity index (χ3v) is 1.54. The van der Waals surface area contributed by atoms with Crippen LogP contribution in [0.4, 0.5) is 0 Å². The number of carbonyl (C=O) groups excluding carboxylic acids is 1. The normalized spacial score (nSPS) is 8.53. The van der Waals surface area contributed by atoms with E-state index in [2.05, 4.69) is 10.3 Å². The molecule has 1 amide bonds. The summed E-state index contributed by atoms with van der Waals surface area (Å²) in [5.41, 5.74) is 0.590. The molecule has 3 nitrogen and oxygen atoms in total. The van der Waals surface area contributed by atoms with E-state index in [0.29, 0.717) is 12.1 Å². The zero-order valence-electron chi connectivity index (χ0n) is 11.5. The van der Waals surface area contributed by atoms with Gasteiger partial charge in [-0.2, -0.15) is 0 Å². The highest BCUT2D eigenvalue weighted by Crippen LogP contribution is 1.94. The smallest absolute Gasteiger partial charge is 0.253 e. The van der Waals surface area contributed by atoms with Gasteiger partial charge < -0.3 is 5.32 Å². The van der Waals surface area contributed by atoms with Crippen LogP contribution in [0.3, 0.4) is 0 Å². The molecular formula is C14H24N2O. The molecular weight excluding hydrogens is 212 g/mol. The van der Waals surface area contributed by atoms with E-state index in [1.165, 1.54) is 0 Å². The van der Waals surface area contributed by atoms with Crippen molar-refractivity contribution in [3.8, 4) is 0 Å². The van der Waals surface area contributed by atoms with Crippen LogP contribution in [0.25, 0.3) is 0 Å². The van der Waals surface area contributed by atoms with Crippen LogP contribution in [-0.4, -0.2) is 17.4 Å². The zero-order valence-corrected chi connectivity index (χ0v) is 11.5. The van der Waals surface area contributed by atoms with Crippen LogP contribution in [0.5, 0.6) is 0 Å². The first kappa shape index (κ1) is 17.7. The summed E-state index contributed by atoms with van der Waals surface area (Å²) in [5, 5.41) is 2.73. The SMILES string of the molecule is C/C=C/CNC(=O)c1cccnc1.CC.CC. The van der Waals surface area contributed by atoms with Gasteiger partial charge in [-0.05, 0) is 19.1 Å². The molecule has 0 aliphatic rings. The summed E-state index contributed by atoms with van der Waals surface area (Å²) < 4.78 is 0. The molecule has 1 aromatic heterocycles. The molecule has 0 saturated heterocycles. The van der Waals surface area contributed by atoms with Crippen LogP contribution in [-0.2, 0) is 0 Å². The van der Waals surface area contributed by atoms with Gasteiger partial charge in [-0.25, -0.2) is 0 Å². The first-order valence-electron chi connectivity index (χ1n) is 6.14. The Morgan fingerprint density at radius 1 is 1.35 bits per heavy atom. The highest BCUT2D eigenvalue weighted by Gasteiger charge is 2.01. The van der Waals surface area contributed by atoms with Gasteiger partial charge in [-0.15, -0.1) is 0 Å². The molecule has 1 N–H and O–H groups in total. The maximum absolute atomic E-state index is 11.3. The maximum atomic E-state index is 11.3. The number of allylic oxidation sites excluding steroid dienone is 1. The van der Waals surface area contributed by atoms with Crippen molar-refractivity contribution in [2.45, 2.75) is 34.6 Å². The summed E-state index contributed by atoms with van der Waals surface area (Å²) in [6.45, 7) is 10.5. The second-order valence-electron chi connectivity index (χ2n) is 2.52. The minimum atomic E-state index is -0.0915. The predicted octanol–water partition coefficient (Wildman–Crippen LogP) is 3.44. The third kappa shape index (κ3) is 9.30. The number of rotatable bonds is 3. The standard InChI is InChI=1S/C10H12N2O.2C2H6/c1-2-3-7-12-10(13)9-5-4-6-11-8-9;2*1-2/h2-6,8H,7H2,1H3,(H,12,13);2*1-2H3/b3-2+;;. The van der Waals surface area contributed by atoms with Gasteiger partial charge in [0, 0.05) is 18.9 Å². The molecule has 0 aromatic carbocycles. The number of nitrogens with one attached hydrogen (secondary N) is 1. The van der Waals surface area contributed by atoms with Crippen molar-refractivity contribution in [1.29, 1.82) is 0 Å². The van der Waals surface area contributed by atoms with Crippen LogP contribution in [0, 0.1) is 0 Å². The number of hydrogen-bond acceptors (Lipinski definition) is 2. The molecule has 0 spiro atoms. The van der Waals surface area contributed by atoms with Crippen molar-refractivity contribution in [3.05, 3.63) is 42.2 Å². The number of aromatic nitrogens is 1. The van der Waals surface area contributed by atoms with Crippen LogP contribution in [0.2, 0.25) is 0 Å². The van der Waals surface area contributed by atoms with Crippen molar-refractivity contribution in [2.24, 2.45) is 0 Å². The Hall–Kier alpha value is -1.64. The van der Waals surface area contributed by atoms with E-state index in [0.717, 1.165) is 0 Å². The lowest BCUT2D eigenvalue weighted by atomic mass is 10.3. The lowest BCUT2D eigenvalue weighted by molar-refractivity contribution is 0.0957. The second-order valence-corrected chi connectivity index (χ2v) is 2.52. The molecule has 1 aromatic rings. The average Bonchev–Trinajstić information content (AvgIpc) is 2.44. The van der Waals surface area contributed by atoms with Crippen LogP contribution in [0.1, 0.15) is 45.0 Å². The number of pyridine rings is 1. The van der Waals surface area contributed by atoms with Gasteiger partial charge >= 0.3 is 0 Å². The van der Waals surface area contributed by atoms with Gasteiger partial charge in [0.15, 0.2) is 0 Å². The Bertz CT molecular complexity index is 294. The lowest BCUT2D eigenvalue weighted by Gasteiger charge is -2.00. The molecule has 0 aliphatic carbocycles. The maximum Gasteiger partial charge on any atom is 0.253 e. The Kier molecular flexibility index (Phi) is 15.0. The van der Waals surface area contributed by atoms with Crippen LogP contribution in [0.15, 0.2) is 36.7 Å². The second kappa shape index (κ2) is 14.4. The summed E-state index contributed by atoms with van der Waals surface area (Å²) in [4.78, 5) is 15.2. The van der Waals surface area contributed by atoms with Gasteiger partial charge in [-0.1, -0.05) is 39.8 Å². The number of carbonyl (C=O) groups is 1. The predicted molar refractivity (Wildman–Crippen MR) is 74.1 cm³/mol. The number of hydrogen-bond donors (Lipinski definition) is 1. The van der Waals surface area contributed by atoms with Gasteiger partial charge in [-0.3, -0.25) is 9.78 Å². The van der Waals surface area contributed by atoms with Gasteiger partial charge in [0.1, 0.15) is 0 Å². The Morgan fingerprint density at radius 3 is 2.47 bits per heavy atom. The fraction of sp³-hybridized carbons (Fsp3) is 0.429. The molecule has 96 valence electrons. The molecule has 0 unspecified atom stereocenters. The summed E-state index contributed by atoms with van der Waals surface area (Å²) in [6.07, 6.45) is 6.96. The molecule has 0 saturated carbocycles. The molecule has 0 radical (unpaired) electrons. The first-order chi connectivity index (χ1) is 8.34. The molecule has 0 atom stereocenters. The van der Waals surface area contributed by atoms with E-state index in [4.69, 9.17) is 0 Å². The summed E-state index contributed by atoms with van der Waals surface area (Å²) >= 11 is 0. The Morgan fingerprint density at radius 2 is 2.00 bits per heavy atom. The van der Waals surface area contributed by atoms with E-state index in [1.807, 2.05) is 46.8 Å². The monoisotopic (exact) mass is 236 g/mol. The minimum Gasteiger partial charge on any atom is -0.349 e. The molecule has 3 heteroatoms. The van der Waals surface area contributed by atoms with Crippen LogP contribution < -0.4 is 5.32 Å². The molecule has 1 rings (SSSR count). The van der Waals surface area contributed by atoms with E-state index in [1.54, 1.807) is 24.5 Å². The Balaban J connectivity index is 0. The van der Waals surface area contributed by atoms with Gasteiger partial charge in [0.05, 0.1) is 5.56 Å². The molecule has 0 aliphatic heterocycles. The molecule has 1 heterocycles. The first-order valence-corrected chi connectivity index (χ1v) is 6.14. The third-order valence-electron chi connectivity index (χ3n) is 1.54. The van der Waals surface area contributed by atoms with Gasteiger partial charge in [0.25, 0.3) is 5.91 Å². The van der Waals surface area contributed by atoms with Crippen molar-refractivity contribution < 1.29 is 4.79 Å². The Labute approximate surface area is 105 Å². The highest BCUT2D eigenvalue weighted by molar-refractivity contribution is 5.93. The van der Waals surface area contributed by atoms with Crippen molar-refractivity contribution in [2.75, 3.05) is 6.54 Å². The lowest BCUT2D eigenvalue weighted by Crippen LogP contribution is -2.23. The topological polar surface area (TPSA) is 42.0 Å². The largest absolute Gasteiger partial charge is 0.349 e. The quantitative estimate of drug-likeness (QED) is 0.817. The van der Waals surface area contributed by atoms with Gasteiger partial charge in [0.2, 0.25) is 0 Å². The zero-order chi connectivity index (χ0) is 13.5. The molecule has 17 heavy (non-hydrogen) atoms. The van der Waals surface area contributed by atoms with Crippen molar-refractivity contribution in [3.63, 3.8) is 0 Å². The van der Waals surface area contributed by atoms with Crippen molar-refractivity contribution in [1.82, 2.24) is 10.3 Å². The van der Waals surface area contributed by atoms with E-state index in [9.17, 15) is 4.79 Å². The summed E-state index contributed by atoms with van der Waals surface area (Å²) in [5.74, 6) is -0.0915. The molecule has 0 bridgehead atoms. The fourth-order valence-corrected chi connectivity index (χ4v) is 0.869. The van der Waals surface area contributed by atoms with Crippen molar-refractivity contribution >= 4 is 5.91 Å². The van der Waals surface area contributed by atoms with E-state index in [-0.39, 0.29) is 5.91 Å². The molecule has 0 fully saturated rings. The number of nitrogens with zero attached hydrogens (tertiary/aromatic N) is 1. The van der Waals surface area contributed by atoms with E-state index < -0.39 is 0 Å².